The molecule has 2 heterocycles. The number of ether oxygens (including phenoxy) is 2. The number of carbonyl (C=O) groups excluding carboxylic acids is 1. The van der Waals surface area contributed by atoms with Crippen molar-refractivity contribution in [2.75, 3.05) is 34.0 Å². The molecule has 164 valence electrons. The summed E-state index contributed by atoms with van der Waals surface area (Å²) in [6.45, 7) is 0.857. The van der Waals surface area contributed by atoms with E-state index in [2.05, 4.69) is 10.3 Å². The second kappa shape index (κ2) is 10.1. The number of rotatable bonds is 9. The fourth-order valence-electron chi connectivity index (χ4n) is 3.25. The van der Waals surface area contributed by atoms with Gasteiger partial charge in [0.1, 0.15) is 16.9 Å². The highest BCUT2D eigenvalue weighted by molar-refractivity contribution is 6.01. The quantitative estimate of drug-likeness (QED) is 0.504. The van der Waals surface area contributed by atoms with Crippen molar-refractivity contribution in [3.63, 3.8) is 0 Å². The molecule has 1 aromatic carbocycles. The highest BCUT2D eigenvalue weighted by Crippen LogP contribution is 2.26. The van der Waals surface area contributed by atoms with Gasteiger partial charge in [-0.25, -0.2) is 4.39 Å². The van der Waals surface area contributed by atoms with Crippen LogP contribution in [0, 0.1) is 5.82 Å². The van der Waals surface area contributed by atoms with Gasteiger partial charge in [-0.15, -0.1) is 0 Å². The van der Waals surface area contributed by atoms with Crippen LogP contribution in [0.1, 0.15) is 21.5 Å². The van der Waals surface area contributed by atoms with Gasteiger partial charge >= 0.3 is 0 Å². The van der Waals surface area contributed by atoms with E-state index in [1.54, 1.807) is 24.4 Å². The summed E-state index contributed by atoms with van der Waals surface area (Å²) in [7, 11) is 3.00. The lowest BCUT2D eigenvalue weighted by atomic mass is 10.1. The third-order valence-electron chi connectivity index (χ3n) is 4.79. The Kier molecular flexibility index (Phi) is 7.32. The molecule has 2 aromatic heterocycles. The maximum Gasteiger partial charge on any atom is 0.267 e. The lowest BCUT2D eigenvalue weighted by molar-refractivity contribution is 0.0932. The van der Waals surface area contributed by atoms with Gasteiger partial charge in [-0.1, -0.05) is 12.1 Å². The summed E-state index contributed by atoms with van der Waals surface area (Å²) in [6.07, 6.45) is 2.02. The van der Waals surface area contributed by atoms with Gasteiger partial charge in [-0.05, 0) is 35.7 Å². The highest BCUT2D eigenvalue weighted by atomic mass is 19.1. The van der Waals surface area contributed by atoms with Crippen molar-refractivity contribution in [2.24, 2.45) is 0 Å². The molecule has 0 bridgehead atoms. The number of aromatic hydroxyl groups is 1. The molecule has 1 amide bonds. The fraction of sp³-hybridized carbons (Fsp3) is 0.318. The number of carbonyl (C=O) groups is 1. The molecule has 3 rings (SSSR count). The Labute approximate surface area is 178 Å². The summed E-state index contributed by atoms with van der Waals surface area (Å²) in [5.41, 5.74) is 1.13. The number of nitrogens with zero attached hydrogens (tertiary/aromatic N) is 2. The van der Waals surface area contributed by atoms with E-state index in [9.17, 15) is 19.1 Å². The summed E-state index contributed by atoms with van der Waals surface area (Å²) in [5, 5.41) is 13.2. The zero-order chi connectivity index (χ0) is 22.4. The molecule has 0 fully saturated rings. The van der Waals surface area contributed by atoms with Gasteiger partial charge in [0, 0.05) is 33.5 Å². The number of pyridine rings is 2. The molecule has 0 radical (unpaired) electrons. The largest absolute Gasteiger partial charge is 0.505 e. The van der Waals surface area contributed by atoms with Crippen molar-refractivity contribution in [1.82, 2.24) is 14.9 Å². The van der Waals surface area contributed by atoms with Crippen LogP contribution in [0.5, 0.6) is 5.75 Å². The highest BCUT2D eigenvalue weighted by Gasteiger charge is 2.23. The molecule has 0 aliphatic rings. The van der Waals surface area contributed by atoms with Crippen LogP contribution in [0.15, 0.2) is 41.3 Å². The zero-order valence-corrected chi connectivity index (χ0v) is 17.4. The van der Waals surface area contributed by atoms with E-state index in [0.717, 1.165) is 11.1 Å². The number of hydrogen-bond acceptors (Lipinski definition) is 6. The van der Waals surface area contributed by atoms with Gasteiger partial charge in [0.2, 0.25) is 0 Å². The van der Waals surface area contributed by atoms with Crippen LogP contribution < -0.4 is 10.9 Å². The van der Waals surface area contributed by atoms with E-state index in [1.807, 2.05) is 0 Å². The van der Waals surface area contributed by atoms with Crippen molar-refractivity contribution in [2.45, 2.75) is 13.0 Å². The Morgan fingerprint density at radius 3 is 2.55 bits per heavy atom. The minimum absolute atomic E-state index is 0.135. The van der Waals surface area contributed by atoms with Gasteiger partial charge in [0.25, 0.3) is 11.5 Å². The molecular formula is C22H24FN3O5. The van der Waals surface area contributed by atoms with Crippen molar-refractivity contribution < 1.29 is 23.8 Å². The SMILES string of the molecule is COCCNC(=O)c1c(O)c2ncc(Cc3ccc(F)cc3)cc2n(CCOC)c1=O. The first-order valence-electron chi connectivity index (χ1n) is 9.71. The molecule has 0 unspecified atom stereocenters. The number of halogens is 1. The number of aromatic nitrogens is 2. The molecule has 8 nitrogen and oxygen atoms in total. The first-order valence-corrected chi connectivity index (χ1v) is 9.71. The summed E-state index contributed by atoms with van der Waals surface area (Å²) in [4.78, 5) is 29.9. The Hall–Kier alpha value is -3.30. The van der Waals surface area contributed by atoms with E-state index in [0.29, 0.717) is 11.9 Å². The van der Waals surface area contributed by atoms with E-state index in [1.165, 1.54) is 30.9 Å². The number of fused-ring (bicyclic) bond motifs is 1. The number of benzene rings is 1. The van der Waals surface area contributed by atoms with Crippen LogP contribution in [-0.2, 0) is 22.4 Å². The topological polar surface area (TPSA) is 103 Å². The predicted octanol–water partition coefficient (Wildman–Crippen LogP) is 1.85. The minimum atomic E-state index is -0.704. The minimum Gasteiger partial charge on any atom is -0.505 e. The Morgan fingerprint density at radius 1 is 1.16 bits per heavy atom. The van der Waals surface area contributed by atoms with Crippen molar-refractivity contribution in [3.05, 3.63) is 69.4 Å². The van der Waals surface area contributed by atoms with Crippen LogP contribution in [0.4, 0.5) is 4.39 Å². The molecule has 0 atom stereocenters. The van der Waals surface area contributed by atoms with E-state index in [-0.39, 0.29) is 43.2 Å². The molecule has 31 heavy (non-hydrogen) atoms. The summed E-state index contributed by atoms with van der Waals surface area (Å²) in [5.74, 6) is -1.50. The molecular weight excluding hydrogens is 405 g/mol. The molecule has 9 heteroatoms. The van der Waals surface area contributed by atoms with Gasteiger partial charge in [0.05, 0.1) is 18.7 Å². The fourth-order valence-corrected chi connectivity index (χ4v) is 3.25. The monoisotopic (exact) mass is 429 g/mol. The van der Waals surface area contributed by atoms with Crippen molar-refractivity contribution in [3.8, 4) is 5.75 Å². The molecule has 0 saturated heterocycles. The lowest BCUT2D eigenvalue weighted by Gasteiger charge is -2.15. The molecule has 2 N–H and O–H groups in total. The first-order chi connectivity index (χ1) is 15.0. The Bertz CT molecular complexity index is 1130. The summed E-state index contributed by atoms with van der Waals surface area (Å²) in [6, 6.07) is 7.82. The first kappa shape index (κ1) is 22.4. The Balaban J connectivity index is 2.07. The maximum atomic E-state index is 13.2. The van der Waals surface area contributed by atoms with E-state index >= 15 is 0 Å². The number of hydrogen-bond donors (Lipinski definition) is 2. The van der Waals surface area contributed by atoms with Gasteiger partial charge in [0.15, 0.2) is 5.75 Å². The maximum absolute atomic E-state index is 13.2. The van der Waals surface area contributed by atoms with Gasteiger partial charge in [-0.3, -0.25) is 14.6 Å². The molecule has 0 aliphatic heterocycles. The van der Waals surface area contributed by atoms with Crippen LogP contribution in [0.25, 0.3) is 11.0 Å². The average molecular weight is 429 g/mol. The van der Waals surface area contributed by atoms with Crippen molar-refractivity contribution >= 4 is 16.9 Å². The standard InChI is InChI=1S/C22H24FN3O5/c1-30-9-7-24-21(28)18-20(27)19-17(26(22(18)29)8-10-31-2)12-15(13-25-19)11-14-3-5-16(23)6-4-14/h3-6,12-13,27H,7-11H2,1-2H3,(H,24,28). The Morgan fingerprint density at radius 2 is 1.87 bits per heavy atom. The summed E-state index contributed by atoms with van der Waals surface area (Å²) < 4.78 is 24.5. The van der Waals surface area contributed by atoms with E-state index < -0.39 is 17.2 Å². The molecule has 3 aromatic rings. The second-order valence-electron chi connectivity index (χ2n) is 6.94. The number of amides is 1. The van der Waals surface area contributed by atoms with Gasteiger partial charge < -0.3 is 24.5 Å². The normalized spacial score (nSPS) is 11.1. The average Bonchev–Trinajstić information content (AvgIpc) is 2.75. The van der Waals surface area contributed by atoms with Crippen LogP contribution in [0.2, 0.25) is 0 Å². The van der Waals surface area contributed by atoms with Gasteiger partial charge in [-0.2, -0.15) is 0 Å². The zero-order valence-electron chi connectivity index (χ0n) is 17.4. The second-order valence-corrected chi connectivity index (χ2v) is 6.94. The predicted molar refractivity (Wildman–Crippen MR) is 113 cm³/mol. The number of nitrogens with one attached hydrogen (secondary N) is 1. The summed E-state index contributed by atoms with van der Waals surface area (Å²) >= 11 is 0. The van der Waals surface area contributed by atoms with Crippen LogP contribution in [-0.4, -0.2) is 54.5 Å². The van der Waals surface area contributed by atoms with Crippen LogP contribution >= 0.6 is 0 Å². The third kappa shape index (κ3) is 5.07. The van der Waals surface area contributed by atoms with Crippen LogP contribution in [0.3, 0.4) is 0 Å². The molecule has 0 aliphatic carbocycles. The molecule has 0 spiro atoms. The molecule has 0 saturated carbocycles. The van der Waals surface area contributed by atoms with E-state index in [4.69, 9.17) is 9.47 Å². The smallest absolute Gasteiger partial charge is 0.267 e. The van der Waals surface area contributed by atoms with Crippen molar-refractivity contribution in [1.29, 1.82) is 0 Å². The third-order valence-corrected chi connectivity index (χ3v) is 4.79. The number of methoxy groups -OCH3 is 2. The lowest BCUT2D eigenvalue weighted by Crippen LogP contribution is -2.35.